The van der Waals surface area contributed by atoms with Crippen molar-refractivity contribution in [1.29, 1.82) is 0 Å². The van der Waals surface area contributed by atoms with Gasteiger partial charge in [0.15, 0.2) is 0 Å². The van der Waals surface area contributed by atoms with E-state index in [-0.39, 0.29) is 0 Å². The number of aromatic nitrogens is 3. The van der Waals surface area contributed by atoms with Crippen LogP contribution in [0.25, 0.3) is 0 Å². The molecule has 0 aliphatic carbocycles. The van der Waals surface area contributed by atoms with Crippen molar-refractivity contribution in [3.05, 3.63) is 34.8 Å². The van der Waals surface area contributed by atoms with Gasteiger partial charge in [-0.05, 0) is 13.5 Å². The van der Waals surface area contributed by atoms with Gasteiger partial charge in [0, 0.05) is 31.2 Å². The van der Waals surface area contributed by atoms with Gasteiger partial charge in [-0.3, -0.25) is 0 Å². The lowest BCUT2D eigenvalue weighted by atomic mass is 10.1. The first-order valence-electron chi connectivity index (χ1n) is 5.33. The highest BCUT2D eigenvalue weighted by Crippen LogP contribution is 2.18. The molecule has 1 unspecified atom stereocenters. The number of nitrogens with zero attached hydrogens (tertiary/aromatic N) is 3. The van der Waals surface area contributed by atoms with Crippen LogP contribution in [-0.2, 0) is 13.5 Å². The molecule has 1 N–H and O–H groups in total. The Hall–Kier alpha value is -1.20. The summed E-state index contributed by atoms with van der Waals surface area (Å²) in [7, 11) is 4.00. The van der Waals surface area contributed by atoms with Gasteiger partial charge in [0.2, 0.25) is 0 Å². The van der Waals surface area contributed by atoms with E-state index in [9.17, 15) is 0 Å². The standard InChI is InChI=1S/C11H16N4S/c1-12-9(10-7-16-8-14-10)3-4-11-13-5-6-15(11)2/h5-9,12H,3-4H2,1-2H3. The molecule has 2 aromatic heterocycles. The molecule has 16 heavy (non-hydrogen) atoms. The zero-order valence-corrected chi connectivity index (χ0v) is 10.4. The molecular weight excluding hydrogens is 220 g/mol. The van der Waals surface area contributed by atoms with Gasteiger partial charge in [-0.2, -0.15) is 0 Å². The van der Waals surface area contributed by atoms with E-state index < -0.39 is 0 Å². The third kappa shape index (κ3) is 2.48. The van der Waals surface area contributed by atoms with Crippen LogP contribution in [0.2, 0.25) is 0 Å². The van der Waals surface area contributed by atoms with E-state index >= 15 is 0 Å². The summed E-state index contributed by atoms with van der Waals surface area (Å²) < 4.78 is 2.06. The van der Waals surface area contributed by atoms with E-state index in [2.05, 4.69) is 25.2 Å². The van der Waals surface area contributed by atoms with Crippen molar-refractivity contribution in [1.82, 2.24) is 19.9 Å². The Bertz CT molecular complexity index is 421. The minimum Gasteiger partial charge on any atom is -0.338 e. The lowest BCUT2D eigenvalue weighted by Gasteiger charge is -2.13. The van der Waals surface area contributed by atoms with Crippen molar-refractivity contribution in [2.24, 2.45) is 7.05 Å². The molecule has 0 aliphatic heterocycles. The third-order valence-corrected chi connectivity index (χ3v) is 3.34. The fraction of sp³-hybridized carbons (Fsp3) is 0.455. The zero-order valence-electron chi connectivity index (χ0n) is 9.55. The minimum absolute atomic E-state index is 0.322. The molecule has 86 valence electrons. The number of imidazole rings is 1. The zero-order chi connectivity index (χ0) is 11.4. The Morgan fingerprint density at radius 3 is 2.94 bits per heavy atom. The molecular formula is C11H16N4S. The first-order chi connectivity index (χ1) is 7.81. The fourth-order valence-corrected chi connectivity index (χ4v) is 2.35. The second-order valence-electron chi connectivity index (χ2n) is 3.75. The Balaban J connectivity index is 1.96. The molecule has 0 amide bonds. The first kappa shape index (κ1) is 11.3. The molecule has 0 aromatic carbocycles. The second-order valence-corrected chi connectivity index (χ2v) is 4.47. The lowest BCUT2D eigenvalue weighted by molar-refractivity contribution is 0.526. The monoisotopic (exact) mass is 236 g/mol. The summed E-state index contributed by atoms with van der Waals surface area (Å²) in [5.41, 5.74) is 3.00. The van der Waals surface area contributed by atoms with E-state index in [4.69, 9.17) is 0 Å². The van der Waals surface area contributed by atoms with Crippen LogP contribution < -0.4 is 5.32 Å². The molecule has 0 saturated carbocycles. The number of thiazole rings is 1. The predicted molar refractivity (Wildman–Crippen MR) is 65.4 cm³/mol. The SMILES string of the molecule is CNC(CCc1nccn1C)c1cscn1. The van der Waals surface area contributed by atoms with Crippen LogP contribution in [0.15, 0.2) is 23.3 Å². The van der Waals surface area contributed by atoms with E-state index in [1.165, 1.54) is 0 Å². The second kappa shape index (κ2) is 5.23. The molecule has 0 aliphatic rings. The van der Waals surface area contributed by atoms with Gasteiger partial charge in [-0.15, -0.1) is 11.3 Å². The average molecular weight is 236 g/mol. The highest BCUT2D eigenvalue weighted by molar-refractivity contribution is 7.07. The summed E-state index contributed by atoms with van der Waals surface area (Å²) in [5, 5.41) is 5.39. The van der Waals surface area contributed by atoms with Crippen LogP contribution >= 0.6 is 11.3 Å². The van der Waals surface area contributed by atoms with E-state index in [1.54, 1.807) is 11.3 Å². The van der Waals surface area contributed by atoms with Crippen LogP contribution in [0.5, 0.6) is 0 Å². The lowest BCUT2D eigenvalue weighted by Crippen LogP contribution is -2.18. The number of nitrogens with one attached hydrogen (secondary N) is 1. The van der Waals surface area contributed by atoms with Gasteiger partial charge in [0.1, 0.15) is 5.82 Å². The first-order valence-corrected chi connectivity index (χ1v) is 6.27. The normalized spacial score (nSPS) is 12.9. The molecule has 5 heteroatoms. The molecule has 0 spiro atoms. The van der Waals surface area contributed by atoms with Crippen LogP contribution in [0, 0.1) is 0 Å². The maximum absolute atomic E-state index is 4.34. The molecule has 1 atom stereocenters. The number of rotatable bonds is 5. The molecule has 0 bridgehead atoms. The quantitative estimate of drug-likeness (QED) is 0.860. The summed E-state index contributed by atoms with van der Waals surface area (Å²) >= 11 is 1.64. The van der Waals surface area contributed by atoms with Crippen molar-refractivity contribution >= 4 is 11.3 Å². The van der Waals surface area contributed by atoms with Crippen molar-refractivity contribution in [3.8, 4) is 0 Å². The van der Waals surface area contributed by atoms with Crippen LogP contribution in [0.4, 0.5) is 0 Å². The highest BCUT2D eigenvalue weighted by atomic mass is 32.1. The minimum atomic E-state index is 0.322. The summed E-state index contributed by atoms with van der Waals surface area (Å²) in [5.74, 6) is 1.12. The third-order valence-electron chi connectivity index (χ3n) is 2.73. The molecule has 0 fully saturated rings. The fourth-order valence-electron chi connectivity index (χ4n) is 1.74. The summed E-state index contributed by atoms with van der Waals surface area (Å²) in [6, 6.07) is 0.322. The van der Waals surface area contributed by atoms with Crippen LogP contribution in [0.1, 0.15) is 24.0 Å². The summed E-state index contributed by atoms with van der Waals surface area (Å²) in [6.07, 6.45) is 5.80. The average Bonchev–Trinajstić information content (AvgIpc) is 2.92. The highest BCUT2D eigenvalue weighted by Gasteiger charge is 2.12. The Kier molecular flexibility index (Phi) is 3.69. The van der Waals surface area contributed by atoms with Gasteiger partial charge < -0.3 is 9.88 Å². The molecule has 2 aromatic rings. The van der Waals surface area contributed by atoms with Crippen LogP contribution in [-0.4, -0.2) is 21.6 Å². The van der Waals surface area contributed by atoms with Gasteiger partial charge in [-0.1, -0.05) is 0 Å². The maximum Gasteiger partial charge on any atom is 0.108 e. The van der Waals surface area contributed by atoms with Crippen LogP contribution in [0.3, 0.4) is 0 Å². The maximum atomic E-state index is 4.34. The van der Waals surface area contributed by atoms with E-state index in [1.807, 2.05) is 32.0 Å². The topological polar surface area (TPSA) is 42.7 Å². The summed E-state index contributed by atoms with van der Waals surface area (Å²) in [6.45, 7) is 0. The van der Waals surface area contributed by atoms with E-state index in [0.29, 0.717) is 6.04 Å². The molecule has 2 heterocycles. The van der Waals surface area contributed by atoms with Gasteiger partial charge in [0.25, 0.3) is 0 Å². The van der Waals surface area contributed by atoms with Gasteiger partial charge >= 0.3 is 0 Å². The number of hydrogen-bond donors (Lipinski definition) is 1. The Morgan fingerprint density at radius 2 is 2.38 bits per heavy atom. The Labute approximate surface area is 99.4 Å². The van der Waals surface area contributed by atoms with E-state index in [0.717, 1.165) is 24.4 Å². The molecule has 2 rings (SSSR count). The largest absolute Gasteiger partial charge is 0.338 e. The molecule has 4 nitrogen and oxygen atoms in total. The number of aryl methyl sites for hydroxylation is 2. The predicted octanol–water partition coefficient (Wildman–Crippen LogP) is 1.77. The van der Waals surface area contributed by atoms with Gasteiger partial charge in [0.05, 0.1) is 17.2 Å². The van der Waals surface area contributed by atoms with Crippen molar-refractivity contribution in [3.63, 3.8) is 0 Å². The summed E-state index contributed by atoms with van der Waals surface area (Å²) in [4.78, 5) is 8.66. The molecule has 0 radical (unpaired) electrons. The Morgan fingerprint density at radius 1 is 1.50 bits per heavy atom. The van der Waals surface area contributed by atoms with Crippen molar-refractivity contribution in [2.75, 3.05) is 7.05 Å². The van der Waals surface area contributed by atoms with Gasteiger partial charge in [-0.25, -0.2) is 9.97 Å². The van der Waals surface area contributed by atoms with Crippen molar-refractivity contribution < 1.29 is 0 Å². The molecule has 0 saturated heterocycles. The number of hydrogen-bond acceptors (Lipinski definition) is 4. The van der Waals surface area contributed by atoms with Crippen molar-refractivity contribution in [2.45, 2.75) is 18.9 Å². The smallest absolute Gasteiger partial charge is 0.108 e.